The second kappa shape index (κ2) is 8.40. The molecule has 3 nitrogen and oxygen atoms in total. The predicted octanol–water partition coefficient (Wildman–Crippen LogP) is 1.35. The molecule has 3 heteroatoms. The van der Waals surface area contributed by atoms with Crippen molar-refractivity contribution in [3.63, 3.8) is 0 Å². The Labute approximate surface area is 73.1 Å². The van der Waals surface area contributed by atoms with Crippen molar-refractivity contribution in [2.45, 2.75) is 32.1 Å². The lowest BCUT2D eigenvalue weighted by Crippen LogP contribution is -2.00. The number of ether oxygens (including phenoxy) is 1. The van der Waals surface area contributed by atoms with Crippen LogP contribution in [0, 0.1) is 0 Å². The fourth-order valence-corrected chi connectivity index (χ4v) is 0.921. The topological polar surface area (TPSA) is 43.4 Å². The molecule has 0 heterocycles. The first-order valence-corrected chi connectivity index (χ1v) is 4.25. The molecule has 0 bridgehead atoms. The van der Waals surface area contributed by atoms with Gasteiger partial charge in [-0.2, -0.15) is 0 Å². The Bertz CT molecular complexity index is 132. The van der Waals surface area contributed by atoms with E-state index in [0.717, 1.165) is 12.7 Å². The SMILES string of the molecule is COCCCC(=O)CCCC=O. The standard InChI is InChI=1S/C9H16O3/c1-12-8-4-6-9(11)5-2-3-7-10/h7H,2-6,8H2,1H3. The molecule has 0 atom stereocenters. The van der Waals surface area contributed by atoms with Gasteiger partial charge < -0.3 is 9.53 Å². The quantitative estimate of drug-likeness (QED) is 0.410. The number of methoxy groups -OCH3 is 1. The Morgan fingerprint density at radius 1 is 1.33 bits per heavy atom. The molecule has 0 aromatic carbocycles. The summed E-state index contributed by atoms with van der Waals surface area (Å²) in [6.07, 6.45) is 3.93. The zero-order valence-electron chi connectivity index (χ0n) is 7.54. The van der Waals surface area contributed by atoms with E-state index in [1.807, 2.05) is 0 Å². The van der Waals surface area contributed by atoms with Crippen LogP contribution in [0.25, 0.3) is 0 Å². The number of ketones is 1. The molecule has 0 unspecified atom stereocenters. The first-order valence-electron chi connectivity index (χ1n) is 4.25. The third kappa shape index (κ3) is 7.41. The lowest BCUT2D eigenvalue weighted by Gasteiger charge is -1.98. The Kier molecular flexibility index (Phi) is 7.91. The van der Waals surface area contributed by atoms with Crippen LogP contribution in [0.2, 0.25) is 0 Å². The van der Waals surface area contributed by atoms with Crippen molar-refractivity contribution in [2.24, 2.45) is 0 Å². The lowest BCUT2D eigenvalue weighted by atomic mass is 10.1. The molecule has 70 valence electrons. The van der Waals surface area contributed by atoms with Crippen molar-refractivity contribution in [3.8, 4) is 0 Å². The van der Waals surface area contributed by atoms with Gasteiger partial charge in [-0.15, -0.1) is 0 Å². The molecule has 0 aromatic heterocycles. The van der Waals surface area contributed by atoms with E-state index in [1.54, 1.807) is 7.11 Å². The molecule has 0 aliphatic carbocycles. The van der Waals surface area contributed by atoms with Gasteiger partial charge in [-0.3, -0.25) is 4.79 Å². The summed E-state index contributed by atoms with van der Waals surface area (Å²) >= 11 is 0. The molecule has 12 heavy (non-hydrogen) atoms. The molecule has 0 aromatic rings. The number of Topliss-reactive ketones (excluding diaryl/α,β-unsaturated/α-hetero) is 1. The van der Waals surface area contributed by atoms with E-state index in [0.29, 0.717) is 32.3 Å². The lowest BCUT2D eigenvalue weighted by molar-refractivity contribution is -0.119. The van der Waals surface area contributed by atoms with Crippen LogP contribution in [0.15, 0.2) is 0 Å². The number of aldehydes is 1. The number of carbonyl (C=O) groups excluding carboxylic acids is 2. The van der Waals surface area contributed by atoms with Gasteiger partial charge in [0.05, 0.1) is 0 Å². The van der Waals surface area contributed by atoms with Gasteiger partial charge in [0.25, 0.3) is 0 Å². The second-order valence-corrected chi connectivity index (χ2v) is 2.69. The van der Waals surface area contributed by atoms with Gasteiger partial charge in [0, 0.05) is 33.0 Å². The highest BCUT2D eigenvalue weighted by Gasteiger charge is 2.00. The molecule has 0 rings (SSSR count). The monoisotopic (exact) mass is 172 g/mol. The zero-order chi connectivity index (χ0) is 9.23. The summed E-state index contributed by atoms with van der Waals surface area (Å²) in [4.78, 5) is 20.9. The smallest absolute Gasteiger partial charge is 0.133 e. The molecule has 0 saturated heterocycles. The van der Waals surface area contributed by atoms with Crippen LogP contribution < -0.4 is 0 Å². The number of hydrogen-bond donors (Lipinski definition) is 0. The Balaban J connectivity index is 3.15. The maximum atomic E-state index is 11.0. The minimum absolute atomic E-state index is 0.230. The fourth-order valence-electron chi connectivity index (χ4n) is 0.921. The van der Waals surface area contributed by atoms with Gasteiger partial charge in [0.1, 0.15) is 12.1 Å². The Hall–Kier alpha value is -0.700. The third-order valence-corrected chi connectivity index (χ3v) is 1.58. The van der Waals surface area contributed by atoms with Crippen molar-refractivity contribution >= 4 is 12.1 Å². The second-order valence-electron chi connectivity index (χ2n) is 2.69. The van der Waals surface area contributed by atoms with E-state index >= 15 is 0 Å². The highest BCUT2D eigenvalue weighted by atomic mass is 16.5. The van der Waals surface area contributed by atoms with E-state index in [9.17, 15) is 9.59 Å². The van der Waals surface area contributed by atoms with Crippen LogP contribution in [0.1, 0.15) is 32.1 Å². The number of unbranched alkanes of at least 4 members (excludes halogenated alkanes) is 1. The third-order valence-electron chi connectivity index (χ3n) is 1.58. The summed E-state index contributed by atoms with van der Waals surface area (Å²) in [6.45, 7) is 0.638. The molecular weight excluding hydrogens is 156 g/mol. The minimum Gasteiger partial charge on any atom is -0.385 e. The molecule has 0 N–H and O–H groups in total. The fraction of sp³-hybridized carbons (Fsp3) is 0.778. The van der Waals surface area contributed by atoms with E-state index in [4.69, 9.17) is 4.74 Å². The summed E-state index contributed by atoms with van der Waals surface area (Å²) in [5, 5.41) is 0. The van der Waals surface area contributed by atoms with Crippen LogP contribution in [0.5, 0.6) is 0 Å². The summed E-state index contributed by atoms with van der Waals surface area (Å²) in [6, 6.07) is 0. The van der Waals surface area contributed by atoms with E-state index in [2.05, 4.69) is 0 Å². The molecule has 0 fully saturated rings. The summed E-state index contributed by atoms with van der Waals surface area (Å²) < 4.78 is 4.81. The van der Waals surface area contributed by atoms with Crippen molar-refractivity contribution in [1.82, 2.24) is 0 Å². The van der Waals surface area contributed by atoms with E-state index < -0.39 is 0 Å². The maximum Gasteiger partial charge on any atom is 0.133 e. The number of carbonyl (C=O) groups is 2. The average molecular weight is 172 g/mol. The Morgan fingerprint density at radius 3 is 2.58 bits per heavy atom. The van der Waals surface area contributed by atoms with Gasteiger partial charge in [0.15, 0.2) is 0 Å². The molecule has 0 radical (unpaired) electrons. The number of hydrogen-bond acceptors (Lipinski definition) is 3. The molecule has 0 saturated carbocycles. The van der Waals surface area contributed by atoms with Crippen LogP contribution in [-0.4, -0.2) is 25.8 Å². The van der Waals surface area contributed by atoms with Crippen molar-refractivity contribution in [2.75, 3.05) is 13.7 Å². The van der Waals surface area contributed by atoms with Crippen molar-refractivity contribution < 1.29 is 14.3 Å². The zero-order valence-corrected chi connectivity index (χ0v) is 7.54. The molecule has 0 aliphatic rings. The number of rotatable bonds is 8. The van der Waals surface area contributed by atoms with Gasteiger partial charge >= 0.3 is 0 Å². The average Bonchev–Trinajstić information content (AvgIpc) is 2.06. The summed E-state index contributed by atoms with van der Waals surface area (Å²) in [5.74, 6) is 0.230. The summed E-state index contributed by atoms with van der Waals surface area (Å²) in [5.41, 5.74) is 0. The van der Waals surface area contributed by atoms with Crippen LogP contribution >= 0.6 is 0 Å². The van der Waals surface area contributed by atoms with Gasteiger partial charge in [-0.05, 0) is 12.8 Å². The van der Waals surface area contributed by atoms with Crippen molar-refractivity contribution in [1.29, 1.82) is 0 Å². The highest BCUT2D eigenvalue weighted by molar-refractivity contribution is 5.78. The van der Waals surface area contributed by atoms with E-state index in [1.165, 1.54) is 0 Å². The van der Waals surface area contributed by atoms with Crippen LogP contribution in [0.4, 0.5) is 0 Å². The van der Waals surface area contributed by atoms with Gasteiger partial charge in [-0.25, -0.2) is 0 Å². The van der Waals surface area contributed by atoms with Crippen molar-refractivity contribution in [3.05, 3.63) is 0 Å². The first-order chi connectivity index (χ1) is 5.81. The highest BCUT2D eigenvalue weighted by Crippen LogP contribution is 2.00. The minimum atomic E-state index is 0.230. The van der Waals surface area contributed by atoms with Crippen LogP contribution in [0.3, 0.4) is 0 Å². The normalized spacial score (nSPS) is 9.75. The Morgan fingerprint density at radius 2 is 2.00 bits per heavy atom. The van der Waals surface area contributed by atoms with Gasteiger partial charge in [-0.1, -0.05) is 0 Å². The first kappa shape index (κ1) is 11.3. The summed E-state index contributed by atoms with van der Waals surface area (Å²) in [7, 11) is 1.62. The molecule has 0 aliphatic heterocycles. The van der Waals surface area contributed by atoms with Gasteiger partial charge in [0.2, 0.25) is 0 Å². The molecule has 0 amide bonds. The molecular formula is C9H16O3. The largest absolute Gasteiger partial charge is 0.385 e. The predicted molar refractivity (Wildman–Crippen MR) is 46.0 cm³/mol. The van der Waals surface area contributed by atoms with E-state index in [-0.39, 0.29) is 5.78 Å². The molecule has 0 spiro atoms. The van der Waals surface area contributed by atoms with Crippen LogP contribution in [-0.2, 0) is 14.3 Å². The maximum absolute atomic E-state index is 11.0.